The highest BCUT2D eigenvalue weighted by molar-refractivity contribution is 5.81. The third-order valence-corrected chi connectivity index (χ3v) is 2.16. The minimum absolute atomic E-state index is 0.294. The van der Waals surface area contributed by atoms with Gasteiger partial charge in [-0.1, -0.05) is 24.6 Å². The standard InChI is InChI=1S/C12H19N3O2/c1-3-7-11-10-15(14-13-11)9-6-5-8-12(16)17-4-2/h5,8,10H,3-4,6-7,9H2,1-2H3/b8-5+. The second kappa shape index (κ2) is 7.60. The van der Waals surface area contributed by atoms with Gasteiger partial charge in [-0.3, -0.25) is 4.68 Å². The van der Waals surface area contributed by atoms with Crippen LogP contribution in [0.25, 0.3) is 0 Å². The van der Waals surface area contributed by atoms with E-state index < -0.39 is 0 Å². The average molecular weight is 237 g/mol. The second-order valence-electron chi connectivity index (χ2n) is 3.67. The van der Waals surface area contributed by atoms with Crippen LogP contribution in [0.5, 0.6) is 0 Å². The number of ether oxygens (including phenoxy) is 1. The quantitative estimate of drug-likeness (QED) is 0.535. The normalized spacial score (nSPS) is 10.9. The molecule has 1 aromatic heterocycles. The van der Waals surface area contributed by atoms with Gasteiger partial charge in [-0.15, -0.1) is 5.10 Å². The molecule has 0 aliphatic heterocycles. The van der Waals surface area contributed by atoms with Crippen LogP contribution in [0.3, 0.4) is 0 Å². The Hall–Kier alpha value is -1.65. The molecule has 0 spiro atoms. The number of allylic oxidation sites excluding steroid dienone is 1. The minimum atomic E-state index is -0.294. The highest BCUT2D eigenvalue weighted by Gasteiger charge is 1.98. The molecule has 0 saturated heterocycles. The van der Waals surface area contributed by atoms with E-state index in [4.69, 9.17) is 4.74 Å². The molecule has 0 aromatic carbocycles. The first-order valence-electron chi connectivity index (χ1n) is 5.98. The van der Waals surface area contributed by atoms with Gasteiger partial charge in [-0.2, -0.15) is 0 Å². The zero-order valence-corrected chi connectivity index (χ0v) is 10.4. The van der Waals surface area contributed by atoms with Crippen molar-refractivity contribution >= 4 is 5.97 Å². The zero-order valence-electron chi connectivity index (χ0n) is 10.4. The highest BCUT2D eigenvalue weighted by atomic mass is 16.5. The van der Waals surface area contributed by atoms with Crippen LogP contribution in [-0.4, -0.2) is 27.6 Å². The smallest absolute Gasteiger partial charge is 0.330 e. The van der Waals surface area contributed by atoms with Gasteiger partial charge in [0.1, 0.15) is 0 Å². The first kappa shape index (κ1) is 13.4. The van der Waals surface area contributed by atoms with Crippen LogP contribution < -0.4 is 0 Å². The van der Waals surface area contributed by atoms with Crippen LogP contribution in [-0.2, 0) is 22.5 Å². The van der Waals surface area contributed by atoms with E-state index in [1.807, 2.05) is 6.20 Å². The van der Waals surface area contributed by atoms with Crippen molar-refractivity contribution in [3.05, 3.63) is 24.0 Å². The molecule has 0 aliphatic carbocycles. The number of hydrogen-bond acceptors (Lipinski definition) is 4. The van der Waals surface area contributed by atoms with Crippen molar-refractivity contribution < 1.29 is 9.53 Å². The summed E-state index contributed by atoms with van der Waals surface area (Å²) in [5, 5.41) is 8.05. The van der Waals surface area contributed by atoms with E-state index >= 15 is 0 Å². The number of aromatic nitrogens is 3. The molecule has 5 nitrogen and oxygen atoms in total. The van der Waals surface area contributed by atoms with Gasteiger partial charge in [-0.05, 0) is 19.8 Å². The molecule has 0 saturated carbocycles. The zero-order chi connectivity index (χ0) is 12.5. The summed E-state index contributed by atoms with van der Waals surface area (Å²) in [6.07, 6.45) is 7.96. The molecule has 1 rings (SSSR count). The molecule has 0 amide bonds. The molecule has 0 bridgehead atoms. The lowest BCUT2D eigenvalue weighted by atomic mass is 10.3. The maximum atomic E-state index is 11.0. The van der Waals surface area contributed by atoms with Crippen molar-refractivity contribution in [1.82, 2.24) is 15.0 Å². The Labute approximate surface area is 101 Å². The topological polar surface area (TPSA) is 57.0 Å². The maximum Gasteiger partial charge on any atom is 0.330 e. The van der Waals surface area contributed by atoms with Crippen molar-refractivity contribution in [2.75, 3.05) is 6.61 Å². The summed E-state index contributed by atoms with van der Waals surface area (Å²) in [7, 11) is 0. The van der Waals surface area contributed by atoms with Crippen molar-refractivity contribution in [2.45, 2.75) is 39.7 Å². The SMILES string of the molecule is CCCc1cn(CC/C=C/C(=O)OCC)nn1. The number of carbonyl (C=O) groups is 1. The van der Waals surface area contributed by atoms with E-state index in [1.54, 1.807) is 17.7 Å². The summed E-state index contributed by atoms with van der Waals surface area (Å²) in [4.78, 5) is 11.0. The Bertz CT molecular complexity index is 372. The molecular formula is C12H19N3O2. The van der Waals surface area contributed by atoms with E-state index in [2.05, 4.69) is 17.2 Å². The van der Waals surface area contributed by atoms with Crippen LogP contribution in [0.4, 0.5) is 0 Å². The van der Waals surface area contributed by atoms with Gasteiger partial charge in [0, 0.05) is 18.8 Å². The Balaban J connectivity index is 2.27. The molecule has 0 atom stereocenters. The van der Waals surface area contributed by atoms with Crippen LogP contribution in [0.15, 0.2) is 18.3 Å². The monoisotopic (exact) mass is 237 g/mol. The van der Waals surface area contributed by atoms with Crippen molar-refractivity contribution in [3.8, 4) is 0 Å². The highest BCUT2D eigenvalue weighted by Crippen LogP contribution is 1.98. The largest absolute Gasteiger partial charge is 0.463 e. The number of rotatable bonds is 7. The molecule has 94 valence electrons. The molecule has 0 unspecified atom stereocenters. The molecule has 17 heavy (non-hydrogen) atoms. The number of carbonyl (C=O) groups excluding carboxylic acids is 1. The van der Waals surface area contributed by atoms with E-state index in [0.717, 1.165) is 31.5 Å². The van der Waals surface area contributed by atoms with Gasteiger partial charge in [0.2, 0.25) is 0 Å². The van der Waals surface area contributed by atoms with Gasteiger partial charge in [0.25, 0.3) is 0 Å². The summed E-state index contributed by atoms with van der Waals surface area (Å²) < 4.78 is 6.56. The number of esters is 1. The Morgan fingerprint density at radius 2 is 2.35 bits per heavy atom. The summed E-state index contributed by atoms with van der Waals surface area (Å²) in [5.74, 6) is -0.294. The number of aryl methyl sites for hydroxylation is 2. The minimum Gasteiger partial charge on any atom is -0.463 e. The van der Waals surface area contributed by atoms with Crippen molar-refractivity contribution in [2.24, 2.45) is 0 Å². The van der Waals surface area contributed by atoms with Gasteiger partial charge >= 0.3 is 5.97 Å². The van der Waals surface area contributed by atoms with E-state index in [9.17, 15) is 4.79 Å². The van der Waals surface area contributed by atoms with E-state index in [-0.39, 0.29) is 5.97 Å². The summed E-state index contributed by atoms with van der Waals surface area (Å²) in [5.41, 5.74) is 1.02. The summed E-state index contributed by atoms with van der Waals surface area (Å²) in [6, 6.07) is 0. The molecule has 0 aliphatic rings. The van der Waals surface area contributed by atoms with E-state index in [1.165, 1.54) is 6.08 Å². The van der Waals surface area contributed by atoms with Gasteiger partial charge < -0.3 is 4.74 Å². The molecule has 5 heteroatoms. The van der Waals surface area contributed by atoms with Crippen molar-refractivity contribution in [3.63, 3.8) is 0 Å². The van der Waals surface area contributed by atoms with Gasteiger partial charge in [0.05, 0.1) is 12.3 Å². The predicted molar refractivity (Wildman–Crippen MR) is 64.4 cm³/mol. The Kier molecular flexibility index (Phi) is 5.99. The lowest BCUT2D eigenvalue weighted by Crippen LogP contribution is -2.00. The molecule has 0 fully saturated rings. The fourth-order valence-electron chi connectivity index (χ4n) is 1.40. The Morgan fingerprint density at radius 3 is 3.06 bits per heavy atom. The Morgan fingerprint density at radius 1 is 1.53 bits per heavy atom. The molecule has 1 heterocycles. The maximum absolute atomic E-state index is 11.0. The molecule has 1 aromatic rings. The third kappa shape index (κ3) is 5.29. The average Bonchev–Trinajstić information content (AvgIpc) is 2.73. The fourth-order valence-corrected chi connectivity index (χ4v) is 1.40. The fraction of sp³-hybridized carbons (Fsp3) is 0.583. The number of hydrogen-bond donors (Lipinski definition) is 0. The molecule has 0 radical (unpaired) electrons. The first-order chi connectivity index (χ1) is 8.26. The molecule has 0 N–H and O–H groups in total. The lowest BCUT2D eigenvalue weighted by molar-refractivity contribution is -0.137. The van der Waals surface area contributed by atoms with Crippen LogP contribution in [0.1, 0.15) is 32.4 Å². The number of nitrogens with zero attached hydrogens (tertiary/aromatic N) is 3. The van der Waals surface area contributed by atoms with Gasteiger partial charge in [0.15, 0.2) is 0 Å². The third-order valence-electron chi connectivity index (χ3n) is 2.16. The lowest BCUT2D eigenvalue weighted by Gasteiger charge is -1.96. The van der Waals surface area contributed by atoms with Gasteiger partial charge in [-0.25, -0.2) is 4.79 Å². The van der Waals surface area contributed by atoms with Crippen LogP contribution in [0.2, 0.25) is 0 Å². The summed E-state index contributed by atoms with van der Waals surface area (Å²) >= 11 is 0. The molecular weight excluding hydrogens is 218 g/mol. The van der Waals surface area contributed by atoms with Crippen molar-refractivity contribution in [1.29, 1.82) is 0 Å². The van der Waals surface area contributed by atoms with Crippen LogP contribution >= 0.6 is 0 Å². The predicted octanol–water partition coefficient (Wildman–Crippen LogP) is 1.74. The second-order valence-corrected chi connectivity index (χ2v) is 3.67. The van der Waals surface area contributed by atoms with Crippen LogP contribution in [0, 0.1) is 0 Å². The van der Waals surface area contributed by atoms with E-state index in [0.29, 0.717) is 6.61 Å². The first-order valence-corrected chi connectivity index (χ1v) is 5.98. The summed E-state index contributed by atoms with van der Waals surface area (Å²) in [6.45, 7) is 5.04.